The highest BCUT2D eigenvalue weighted by molar-refractivity contribution is 7.89. The van der Waals surface area contributed by atoms with Crippen LogP contribution in [0.25, 0.3) is 0 Å². The molecule has 6 nitrogen and oxygen atoms in total. The number of hydrogen-bond acceptors (Lipinski definition) is 5. The summed E-state index contributed by atoms with van der Waals surface area (Å²) in [6, 6.07) is 15.7. The van der Waals surface area contributed by atoms with Crippen LogP contribution in [0.4, 0.5) is 4.39 Å². The smallest absolute Gasteiger partial charge is 0.243 e. The van der Waals surface area contributed by atoms with Gasteiger partial charge in [-0.1, -0.05) is 45.0 Å². The largest absolute Gasteiger partial charge is 0.340 e. The van der Waals surface area contributed by atoms with Crippen molar-refractivity contribution >= 4 is 27.3 Å². The van der Waals surface area contributed by atoms with Crippen LogP contribution in [-0.2, 0) is 26.7 Å². The first-order valence-corrected chi connectivity index (χ1v) is 15.8. The Morgan fingerprint density at radius 1 is 1.00 bits per heavy atom. The van der Waals surface area contributed by atoms with Gasteiger partial charge >= 0.3 is 0 Å². The van der Waals surface area contributed by atoms with E-state index >= 15 is 0 Å². The molecule has 9 heteroatoms. The lowest BCUT2D eigenvalue weighted by atomic mass is 9.87. The Balaban J connectivity index is 1.28. The first-order chi connectivity index (χ1) is 18.5. The standard InChI is InChI=1S/C30H36FN3O3S2/c1-30(2,3)23-8-10-25(11-9-23)39(36,37)34-15-5-14-32(17-18-34)28(35)21-33-16-12-27-26(13-19-38-27)29(33)22-6-4-7-24(31)20-22/h4,6-11,13,19-20,29H,5,12,14-18,21H2,1-3H3. The van der Waals surface area contributed by atoms with Crippen LogP contribution in [0.15, 0.2) is 64.9 Å². The van der Waals surface area contributed by atoms with Gasteiger partial charge < -0.3 is 4.90 Å². The fraction of sp³-hybridized carbons (Fsp3) is 0.433. The summed E-state index contributed by atoms with van der Waals surface area (Å²) in [5.41, 5.74) is 3.00. The first-order valence-electron chi connectivity index (χ1n) is 13.5. The fourth-order valence-corrected chi connectivity index (χ4v) is 7.91. The molecule has 1 unspecified atom stereocenters. The van der Waals surface area contributed by atoms with Gasteiger partial charge in [-0.3, -0.25) is 9.69 Å². The molecule has 0 spiro atoms. The van der Waals surface area contributed by atoms with E-state index in [2.05, 4.69) is 37.1 Å². The van der Waals surface area contributed by atoms with E-state index in [1.165, 1.54) is 15.2 Å². The van der Waals surface area contributed by atoms with Crippen LogP contribution >= 0.6 is 11.3 Å². The summed E-state index contributed by atoms with van der Waals surface area (Å²) >= 11 is 1.70. The number of sulfonamides is 1. The summed E-state index contributed by atoms with van der Waals surface area (Å²) in [4.78, 5) is 19.0. The molecular weight excluding hydrogens is 533 g/mol. The Bertz CT molecular complexity index is 1430. The molecule has 1 atom stereocenters. The monoisotopic (exact) mass is 569 g/mol. The zero-order valence-electron chi connectivity index (χ0n) is 22.8. The van der Waals surface area contributed by atoms with Crippen molar-refractivity contribution in [3.8, 4) is 0 Å². The minimum absolute atomic E-state index is 0.0242. The maximum Gasteiger partial charge on any atom is 0.243 e. The number of hydrogen-bond donors (Lipinski definition) is 0. The van der Waals surface area contributed by atoms with Crippen molar-refractivity contribution in [2.24, 2.45) is 0 Å². The number of benzene rings is 2. The quantitative estimate of drug-likeness (QED) is 0.431. The number of carbonyl (C=O) groups excluding carboxylic acids is 1. The summed E-state index contributed by atoms with van der Waals surface area (Å²) in [6.45, 7) is 8.70. The van der Waals surface area contributed by atoms with Crippen molar-refractivity contribution in [2.75, 3.05) is 39.3 Å². The molecular formula is C30H36FN3O3S2. The van der Waals surface area contributed by atoms with E-state index in [9.17, 15) is 17.6 Å². The van der Waals surface area contributed by atoms with Gasteiger partial charge in [0.1, 0.15) is 5.82 Å². The summed E-state index contributed by atoms with van der Waals surface area (Å²) in [5.74, 6) is -0.313. The molecule has 3 heterocycles. The molecule has 2 aliphatic rings. The molecule has 0 saturated carbocycles. The highest BCUT2D eigenvalue weighted by atomic mass is 32.2. The van der Waals surface area contributed by atoms with Gasteiger partial charge in [0.15, 0.2) is 0 Å². The Labute approximate surface area is 235 Å². The molecule has 0 radical (unpaired) electrons. The number of amides is 1. The van der Waals surface area contributed by atoms with Crippen LogP contribution in [0, 0.1) is 5.82 Å². The molecule has 0 bridgehead atoms. The molecule has 5 rings (SSSR count). The lowest BCUT2D eigenvalue weighted by molar-refractivity contribution is -0.132. The van der Waals surface area contributed by atoms with Gasteiger partial charge in [0, 0.05) is 37.6 Å². The third kappa shape index (κ3) is 5.96. The van der Waals surface area contributed by atoms with E-state index in [0.717, 1.165) is 23.1 Å². The molecule has 1 fully saturated rings. The van der Waals surface area contributed by atoms with Crippen LogP contribution in [0.5, 0.6) is 0 Å². The number of rotatable bonds is 5. The Morgan fingerprint density at radius 3 is 2.49 bits per heavy atom. The molecule has 2 aromatic carbocycles. The Hall–Kier alpha value is -2.59. The average Bonchev–Trinajstić information content (AvgIpc) is 3.22. The first kappa shape index (κ1) is 28.0. The van der Waals surface area contributed by atoms with Crippen molar-refractivity contribution in [1.29, 1.82) is 0 Å². The van der Waals surface area contributed by atoms with Gasteiger partial charge in [-0.25, -0.2) is 12.8 Å². The zero-order chi connectivity index (χ0) is 27.8. The minimum atomic E-state index is -3.65. The summed E-state index contributed by atoms with van der Waals surface area (Å²) in [7, 11) is -3.65. The van der Waals surface area contributed by atoms with Crippen LogP contribution in [-0.4, -0.2) is 67.7 Å². The Kier molecular flexibility index (Phi) is 7.97. The van der Waals surface area contributed by atoms with Crippen LogP contribution in [0.2, 0.25) is 0 Å². The predicted octanol–water partition coefficient (Wildman–Crippen LogP) is 5.06. The normalized spacial score (nSPS) is 19.5. The molecule has 2 aliphatic heterocycles. The molecule has 1 amide bonds. The highest BCUT2D eigenvalue weighted by Crippen LogP contribution is 2.38. The predicted molar refractivity (Wildman–Crippen MR) is 153 cm³/mol. The van der Waals surface area contributed by atoms with E-state index in [-0.39, 0.29) is 41.2 Å². The Morgan fingerprint density at radius 2 is 1.77 bits per heavy atom. The van der Waals surface area contributed by atoms with Crippen molar-refractivity contribution in [3.63, 3.8) is 0 Å². The highest BCUT2D eigenvalue weighted by Gasteiger charge is 2.33. The van der Waals surface area contributed by atoms with Crippen molar-refractivity contribution < 1.29 is 17.6 Å². The van der Waals surface area contributed by atoms with E-state index in [0.29, 0.717) is 32.6 Å². The van der Waals surface area contributed by atoms with Crippen LogP contribution < -0.4 is 0 Å². The summed E-state index contributed by atoms with van der Waals surface area (Å²) < 4.78 is 42.4. The summed E-state index contributed by atoms with van der Waals surface area (Å²) in [5, 5.41) is 2.06. The van der Waals surface area contributed by atoms with Crippen molar-refractivity contribution in [3.05, 3.63) is 87.4 Å². The third-order valence-corrected chi connectivity index (χ3v) is 10.6. The number of thiophene rings is 1. The molecule has 208 valence electrons. The number of carbonyl (C=O) groups is 1. The fourth-order valence-electron chi connectivity index (χ4n) is 5.54. The van der Waals surface area contributed by atoms with Crippen molar-refractivity contribution in [2.45, 2.75) is 50.0 Å². The van der Waals surface area contributed by atoms with E-state index in [4.69, 9.17) is 0 Å². The maximum atomic E-state index is 14.1. The zero-order valence-corrected chi connectivity index (χ0v) is 24.4. The minimum Gasteiger partial charge on any atom is -0.340 e. The van der Waals surface area contributed by atoms with Gasteiger partial charge in [0.05, 0.1) is 17.5 Å². The molecule has 1 saturated heterocycles. The average molecular weight is 570 g/mol. The second-order valence-electron chi connectivity index (χ2n) is 11.4. The third-order valence-electron chi connectivity index (χ3n) is 7.73. The van der Waals surface area contributed by atoms with Gasteiger partial charge in [-0.15, -0.1) is 11.3 Å². The maximum absolute atomic E-state index is 14.1. The molecule has 3 aromatic rings. The molecule has 0 aliphatic carbocycles. The number of nitrogens with zero attached hydrogens (tertiary/aromatic N) is 3. The van der Waals surface area contributed by atoms with Gasteiger partial charge in [0.2, 0.25) is 15.9 Å². The van der Waals surface area contributed by atoms with Crippen LogP contribution in [0.3, 0.4) is 0 Å². The SMILES string of the molecule is CC(C)(C)c1ccc(S(=O)(=O)N2CCCN(C(=O)CN3CCc4sccc4C3c3cccc(F)c3)CC2)cc1. The second kappa shape index (κ2) is 11.1. The molecule has 0 N–H and O–H groups in total. The van der Waals surface area contributed by atoms with Gasteiger partial charge in [-0.05, 0) is 70.7 Å². The topological polar surface area (TPSA) is 60.9 Å². The van der Waals surface area contributed by atoms with E-state index in [1.807, 2.05) is 18.2 Å². The van der Waals surface area contributed by atoms with Gasteiger partial charge in [-0.2, -0.15) is 4.31 Å². The molecule has 39 heavy (non-hydrogen) atoms. The van der Waals surface area contributed by atoms with Crippen molar-refractivity contribution in [1.82, 2.24) is 14.1 Å². The number of halogens is 1. The van der Waals surface area contributed by atoms with Crippen LogP contribution in [0.1, 0.15) is 54.8 Å². The summed E-state index contributed by atoms with van der Waals surface area (Å²) in [6.07, 6.45) is 1.43. The lowest BCUT2D eigenvalue weighted by Gasteiger charge is -2.37. The number of fused-ring (bicyclic) bond motifs is 1. The van der Waals surface area contributed by atoms with Gasteiger partial charge in [0.25, 0.3) is 0 Å². The van der Waals surface area contributed by atoms with E-state index < -0.39 is 10.0 Å². The lowest BCUT2D eigenvalue weighted by Crippen LogP contribution is -2.45. The van der Waals surface area contributed by atoms with E-state index in [1.54, 1.807) is 40.5 Å². The second-order valence-corrected chi connectivity index (χ2v) is 14.3. The molecule has 1 aromatic heterocycles.